The molecule has 0 fully saturated rings. The number of amides is 1. The van der Waals surface area contributed by atoms with Gasteiger partial charge in [-0.25, -0.2) is 19.6 Å². The van der Waals surface area contributed by atoms with Gasteiger partial charge < -0.3 is 10.6 Å². The third-order valence-corrected chi connectivity index (χ3v) is 4.84. The lowest BCUT2D eigenvalue weighted by molar-refractivity contribution is -0.116. The highest BCUT2D eigenvalue weighted by molar-refractivity contribution is 5.93. The van der Waals surface area contributed by atoms with E-state index in [1.54, 1.807) is 6.20 Å². The summed E-state index contributed by atoms with van der Waals surface area (Å²) in [6.45, 7) is 6.43. The van der Waals surface area contributed by atoms with Crippen LogP contribution in [0.2, 0.25) is 0 Å². The number of hydrogen-bond donors (Lipinski definition) is 2. The second kappa shape index (κ2) is 8.91. The van der Waals surface area contributed by atoms with Gasteiger partial charge in [0.2, 0.25) is 11.9 Å². The van der Waals surface area contributed by atoms with Crippen molar-refractivity contribution in [2.75, 3.05) is 17.2 Å². The third kappa shape index (κ3) is 4.85. The zero-order valence-corrected chi connectivity index (χ0v) is 17.9. The Hall–Kier alpha value is -3.81. The minimum atomic E-state index is -0.0580. The Bertz CT molecular complexity index is 1200. The van der Waals surface area contributed by atoms with Gasteiger partial charge in [0.25, 0.3) is 0 Å². The number of carbonyl (C=O) groups excluding carboxylic acids is 1. The number of rotatable bonds is 7. The van der Waals surface area contributed by atoms with Crippen LogP contribution in [0.1, 0.15) is 29.9 Å². The van der Waals surface area contributed by atoms with Crippen LogP contribution in [0.3, 0.4) is 0 Å². The molecule has 0 saturated heterocycles. The first-order valence-corrected chi connectivity index (χ1v) is 10.3. The summed E-state index contributed by atoms with van der Waals surface area (Å²) < 4.78 is 1.82. The van der Waals surface area contributed by atoms with Gasteiger partial charge in [-0.2, -0.15) is 5.10 Å². The number of anilines is 2. The zero-order chi connectivity index (χ0) is 21.8. The molecule has 2 N–H and O–H groups in total. The molecule has 0 aliphatic heterocycles. The van der Waals surface area contributed by atoms with Crippen molar-refractivity contribution >= 4 is 28.6 Å². The molecule has 8 heteroatoms. The number of nitrogens with one attached hydrogen (secondary N) is 2. The molecule has 3 heterocycles. The van der Waals surface area contributed by atoms with Gasteiger partial charge >= 0.3 is 0 Å². The monoisotopic (exact) mass is 415 g/mol. The molecule has 0 spiro atoms. The fraction of sp³-hybridized carbons (Fsp3) is 0.261. The van der Waals surface area contributed by atoms with Crippen LogP contribution in [0.4, 0.5) is 11.6 Å². The summed E-state index contributed by atoms with van der Waals surface area (Å²) in [5, 5.41) is 11.6. The maximum Gasteiger partial charge on any atom is 0.224 e. The number of aromatic nitrogens is 5. The summed E-state index contributed by atoms with van der Waals surface area (Å²) in [6, 6.07) is 13.7. The fourth-order valence-electron chi connectivity index (χ4n) is 3.44. The van der Waals surface area contributed by atoms with E-state index in [0.717, 1.165) is 33.8 Å². The normalized spacial score (nSPS) is 10.9. The van der Waals surface area contributed by atoms with Crippen LogP contribution in [0, 0.1) is 20.8 Å². The number of benzene rings is 1. The summed E-state index contributed by atoms with van der Waals surface area (Å²) in [7, 11) is 0. The number of hydrogen-bond acceptors (Lipinski definition) is 6. The maximum atomic E-state index is 12.4. The molecule has 1 aromatic carbocycles. The average Bonchev–Trinajstić information content (AvgIpc) is 3.07. The van der Waals surface area contributed by atoms with Crippen LogP contribution in [-0.4, -0.2) is 37.2 Å². The Morgan fingerprint density at radius 3 is 2.52 bits per heavy atom. The van der Waals surface area contributed by atoms with E-state index >= 15 is 0 Å². The van der Waals surface area contributed by atoms with Crippen LogP contribution in [0.5, 0.6) is 0 Å². The Balaban J connectivity index is 1.36. The molecule has 0 bridgehead atoms. The van der Waals surface area contributed by atoms with Crippen molar-refractivity contribution in [2.45, 2.75) is 33.6 Å². The van der Waals surface area contributed by atoms with E-state index in [-0.39, 0.29) is 5.91 Å². The molecule has 3 aromatic heterocycles. The molecule has 0 unspecified atom stereocenters. The van der Waals surface area contributed by atoms with E-state index in [4.69, 9.17) is 0 Å². The SMILES string of the molecule is Cc1cc(C)nc(NCCCC(=O)Nc2cnc3c(c2)c(C)nn3-c2ccccc2)n1. The van der Waals surface area contributed by atoms with Gasteiger partial charge in [-0.3, -0.25) is 4.79 Å². The number of pyridine rings is 1. The quantitative estimate of drug-likeness (QED) is 0.443. The first-order chi connectivity index (χ1) is 15.0. The van der Waals surface area contributed by atoms with E-state index < -0.39 is 0 Å². The average molecular weight is 416 g/mol. The number of carbonyl (C=O) groups is 1. The Labute approximate surface area is 180 Å². The lowest BCUT2D eigenvalue weighted by Crippen LogP contribution is -2.14. The van der Waals surface area contributed by atoms with Crippen molar-refractivity contribution in [1.29, 1.82) is 0 Å². The maximum absolute atomic E-state index is 12.4. The van der Waals surface area contributed by atoms with Crippen molar-refractivity contribution < 1.29 is 4.79 Å². The Morgan fingerprint density at radius 2 is 1.77 bits per heavy atom. The highest BCUT2D eigenvalue weighted by atomic mass is 16.1. The van der Waals surface area contributed by atoms with E-state index in [1.807, 2.05) is 67.9 Å². The first-order valence-electron chi connectivity index (χ1n) is 10.3. The van der Waals surface area contributed by atoms with Crippen LogP contribution in [-0.2, 0) is 4.79 Å². The Kier molecular flexibility index (Phi) is 5.88. The molecule has 0 aliphatic carbocycles. The summed E-state index contributed by atoms with van der Waals surface area (Å²) in [4.78, 5) is 25.6. The molecule has 1 amide bonds. The van der Waals surface area contributed by atoms with E-state index in [2.05, 4.69) is 30.7 Å². The Morgan fingerprint density at radius 1 is 1.03 bits per heavy atom. The van der Waals surface area contributed by atoms with Crippen molar-refractivity contribution in [2.24, 2.45) is 0 Å². The van der Waals surface area contributed by atoms with Crippen molar-refractivity contribution in [3.63, 3.8) is 0 Å². The van der Waals surface area contributed by atoms with Crippen LogP contribution in [0.15, 0.2) is 48.7 Å². The number of fused-ring (bicyclic) bond motifs is 1. The zero-order valence-electron chi connectivity index (χ0n) is 17.9. The minimum Gasteiger partial charge on any atom is -0.354 e. The second-order valence-corrected chi connectivity index (χ2v) is 7.48. The molecule has 31 heavy (non-hydrogen) atoms. The molecule has 4 aromatic rings. The van der Waals surface area contributed by atoms with Crippen molar-refractivity contribution in [3.8, 4) is 5.69 Å². The molecule has 8 nitrogen and oxygen atoms in total. The van der Waals surface area contributed by atoms with Gasteiger partial charge in [-0.15, -0.1) is 0 Å². The van der Waals surface area contributed by atoms with E-state index in [1.165, 1.54) is 0 Å². The third-order valence-electron chi connectivity index (χ3n) is 4.84. The fourth-order valence-corrected chi connectivity index (χ4v) is 3.44. The van der Waals surface area contributed by atoms with Gasteiger partial charge in [0.15, 0.2) is 5.65 Å². The lowest BCUT2D eigenvalue weighted by Gasteiger charge is -2.08. The first kappa shape index (κ1) is 20.5. The molecule has 0 aliphatic rings. The van der Waals surface area contributed by atoms with E-state index in [0.29, 0.717) is 31.0 Å². The predicted molar refractivity (Wildman–Crippen MR) is 121 cm³/mol. The lowest BCUT2D eigenvalue weighted by atomic mass is 10.2. The molecule has 4 rings (SSSR count). The molecular weight excluding hydrogens is 390 g/mol. The molecule has 0 atom stereocenters. The van der Waals surface area contributed by atoms with E-state index in [9.17, 15) is 4.79 Å². The van der Waals surface area contributed by atoms with Crippen molar-refractivity contribution in [1.82, 2.24) is 24.7 Å². The highest BCUT2D eigenvalue weighted by Gasteiger charge is 2.12. The van der Waals surface area contributed by atoms with Crippen LogP contribution < -0.4 is 10.6 Å². The highest BCUT2D eigenvalue weighted by Crippen LogP contribution is 2.23. The smallest absolute Gasteiger partial charge is 0.224 e. The topological polar surface area (TPSA) is 97.6 Å². The number of para-hydroxylation sites is 1. The second-order valence-electron chi connectivity index (χ2n) is 7.48. The predicted octanol–water partition coefficient (Wildman–Crippen LogP) is 3.97. The minimum absolute atomic E-state index is 0.0580. The van der Waals surface area contributed by atoms with Gasteiger partial charge in [-0.05, 0) is 51.5 Å². The largest absolute Gasteiger partial charge is 0.354 e. The number of aryl methyl sites for hydroxylation is 3. The van der Waals surface area contributed by atoms with Gasteiger partial charge in [-0.1, -0.05) is 18.2 Å². The molecule has 158 valence electrons. The summed E-state index contributed by atoms with van der Waals surface area (Å²) in [6.07, 6.45) is 2.73. The van der Waals surface area contributed by atoms with Crippen LogP contribution in [0.25, 0.3) is 16.7 Å². The van der Waals surface area contributed by atoms with Crippen LogP contribution >= 0.6 is 0 Å². The molecule has 0 saturated carbocycles. The van der Waals surface area contributed by atoms with Crippen molar-refractivity contribution in [3.05, 3.63) is 65.7 Å². The summed E-state index contributed by atoms with van der Waals surface area (Å²) in [5.41, 5.74) is 5.08. The summed E-state index contributed by atoms with van der Waals surface area (Å²) >= 11 is 0. The number of nitrogens with zero attached hydrogens (tertiary/aromatic N) is 5. The van der Waals surface area contributed by atoms with Gasteiger partial charge in [0.1, 0.15) is 0 Å². The van der Waals surface area contributed by atoms with Gasteiger partial charge in [0, 0.05) is 29.7 Å². The molecule has 0 radical (unpaired) electrons. The standard InChI is InChI=1S/C23H25N7O/c1-15-12-16(2)27-23(26-15)24-11-7-10-21(31)28-18-13-20-17(3)29-30(22(20)25-14-18)19-8-5-4-6-9-19/h4-6,8-9,12-14H,7,10-11H2,1-3H3,(H,28,31)(H,24,26,27). The summed E-state index contributed by atoms with van der Waals surface area (Å²) in [5.74, 6) is 0.538. The van der Waals surface area contributed by atoms with Gasteiger partial charge in [0.05, 0.1) is 23.3 Å². The molecular formula is C23H25N7O.